The Kier molecular flexibility index (Phi) is 1.29. The Balaban J connectivity index is 2.26. The molecular formula is C6H7NO. The first-order chi connectivity index (χ1) is 3.84. The predicted octanol–water partition coefficient (Wildman–Crippen LogP) is 0.885. The summed E-state index contributed by atoms with van der Waals surface area (Å²) in [6.45, 7) is 6.46. The SMILES string of the molecule is [C-]#[N+]CC(=O)C1CC1. The second-order valence-electron chi connectivity index (χ2n) is 2.06. The maximum Gasteiger partial charge on any atom is 0.272 e. The fraction of sp³-hybridized carbons (Fsp3) is 0.667. The highest BCUT2D eigenvalue weighted by atomic mass is 16.1. The molecule has 0 bridgehead atoms. The van der Waals surface area contributed by atoms with E-state index in [-0.39, 0.29) is 18.2 Å². The van der Waals surface area contributed by atoms with Crippen LogP contribution in [0.5, 0.6) is 0 Å². The van der Waals surface area contributed by atoms with Crippen LogP contribution >= 0.6 is 0 Å². The predicted molar refractivity (Wildman–Crippen MR) is 29.2 cm³/mol. The van der Waals surface area contributed by atoms with E-state index in [4.69, 9.17) is 6.57 Å². The maximum absolute atomic E-state index is 10.6. The van der Waals surface area contributed by atoms with Crippen molar-refractivity contribution >= 4 is 5.78 Å². The average molecular weight is 109 g/mol. The molecule has 1 aliphatic carbocycles. The van der Waals surface area contributed by atoms with Gasteiger partial charge in [-0.15, -0.1) is 0 Å². The van der Waals surface area contributed by atoms with Crippen LogP contribution in [-0.4, -0.2) is 12.3 Å². The van der Waals surface area contributed by atoms with Crippen molar-refractivity contribution in [2.45, 2.75) is 12.8 Å². The van der Waals surface area contributed by atoms with Crippen molar-refractivity contribution in [2.24, 2.45) is 5.92 Å². The monoisotopic (exact) mass is 109 g/mol. The van der Waals surface area contributed by atoms with Gasteiger partial charge in [-0.25, -0.2) is 6.57 Å². The number of hydrogen-bond acceptors (Lipinski definition) is 1. The molecule has 1 rings (SSSR count). The number of ketones is 1. The number of carbonyl (C=O) groups is 1. The molecule has 0 spiro atoms. The van der Waals surface area contributed by atoms with Crippen LogP contribution in [-0.2, 0) is 4.79 Å². The van der Waals surface area contributed by atoms with Gasteiger partial charge in [0.2, 0.25) is 5.78 Å². The van der Waals surface area contributed by atoms with Gasteiger partial charge in [-0.05, 0) is 12.8 Å². The van der Waals surface area contributed by atoms with Gasteiger partial charge in [0.05, 0.1) is 0 Å². The van der Waals surface area contributed by atoms with Gasteiger partial charge in [0.25, 0.3) is 6.54 Å². The summed E-state index contributed by atoms with van der Waals surface area (Å²) in [5, 5.41) is 0. The number of carbonyl (C=O) groups excluding carboxylic acids is 1. The first kappa shape index (κ1) is 5.30. The normalized spacial score (nSPS) is 17.4. The van der Waals surface area contributed by atoms with Crippen LogP contribution in [0.1, 0.15) is 12.8 Å². The second kappa shape index (κ2) is 1.95. The van der Waals surface area contributed by atoms with E-state index >= 15 is 0 Å². The number of Topliss-reactive ketones (excluding diaryl/α,β-unsaturated/α-hetero) is 1. The summed E-state index contributed by atoms with van der Waals surface area (Å²) in [7, 11) is 0. The molecule has 0 aromatic carbocycles. The van der Waals surface area contributed by atoms with Crippen LogP contribution in [0.3, 0.4) is 0 Å². The molecule has 0 atom stereocenters. The van der Waals surface area contributed by atoms with E-state index in [0.717, 1.165) is 12.8 Å². The molecule has 8 heavy (non-hydrogen) atoms. The molecule has 0 unspecified atom stereocenters. The molecule has 0 saturated heterocycles. The molecule has 42 valence electrons. The number of hydrogen-bond donors (Lipinski definition) is 0. The lowest BCUT2D eigenvalue weighted by Gasteiger charge is -1.80. The van der Waals surface area contributed by atoms with E-state index < -0.39 is 0 Å². The fourth-order valence-corrected chi connectivity index (χ4v) is 0.612. The zero-order valence-corrected chi connectivity index (χ0v) is 4.55. The Morgan fingerprint density at radius 3 is 2.75 bits per heavy atom. The molecular weight excluding hydrogens is 102 g/mol. The Morgan fingerprint density at radius 2 is 2.38 bits per heavy atom. The van der Waals surface area contributed by atoms with E-state index in [9.17, 15) is 4.79 Å². The first-order valence-corrected chi connectivity index (χ1v) is 2.70. The van der Waals surface area contributed by atoms with Gasteiger partial charge in [-0.3, -0.25) is 4.79 Å². The van der Waals surface area contributed by atoms with Gasteiger partial charge in [-0.1, -0.05) is 0 Å². The van der Waals surface area contributed by atoms with Crippen LogP contribution in [0.4, 0.5) is 0 Å². The zero-order valence-electron chi connectivity index (χ0n) is 4.55. The molecule has 1 saturated carbocycles. The molecule has 2 nitrogen and oxygen atoms in total. The summed E-state index contributed by atoms with van der Waals surface area (Å²) in [6.07, 6.45) is 2.04. The Hall–Kier alpha value is -0.840. The molecule has 0 radical (unpaired) electrons. The summed E-state index contributed by atoms with van der Waals surface area (Å²) in [5.74, 6) is 0.407. The highest BCUT2D eigenvalue weighted by Crippen LogP contribution is 2.29. The Morgan fingerprint density at radius 1 is 1.75 bits per heavy atom. The van der Waals surface area contributed by atoms with Crippen LogP contribution in [0.25, 0.3) is 4.85 Å². The maximum atomic E-state index is 10.6. The van der Waals surface area contributed by atoms with Crippen LogP contribution in [0.15, 0.2) is 0 Å². The molecule has 0 amide bonds. The van der Waals surface area contributed by atoms with Gasteiger partial charge < -0.3 is 4.85 Å². The molecule has 0 N–H and O–H groups in total. The van der Waals surface area contributed by atoms with Crippen molar-refractivity contribution < 1.29 is 4.79 Å². The molecule has 1 aliphatic rings. The van der Waals surface area contributed by atoms with Crippen molar-refractivity contribution in [1.29, 1.82) is 0 Å². The van der Waals surface area contributed by atoms with Gasteiger partial charge in [0.1, 0.15) is 0 Å². The fourth-order valence-electron chi connectivity index (χ4n) is 0.612. The lowest BCUT2D eigenvalue weighted by molar-refractivity contribution is -0.118. The minimum atomic E-state index is 0.102. The van der Waals surface area contributed by atoms with E-state index in [1.165, 1.54) is 0 Å². The molecule has 0 heterocycles. The smallest absolute Gasteiger partial charge is 0.272 e. The third-order valence-corrected chi connectivity index (χ3v) is 1.27. The van der Waals surface area contributed by atoms with Crippen molar-refractivity contribution in [1.82, 2.24) is 0 Å². The van der Waals surface area contributed by atoms with E-state index in [1.807, 2.05) is 0 Å². The van der Waals surface area contributed by atoms with Crippen molar-refractivity contribution in [3.8, 4) is 0 Å². The van der Waals surface area contributed by atoms with E-state index in [1.54, 1.807) is 0 Å². The molecule has 0 aliphatic heterocycles. The summed E-state index contributed by atoms with van der Waals surface area (Å²) in [4.78, 5) is 13.6. The second-order valence-corrected chi connectivity index (χ2v) is 2.06. The summed E-state index contributed by atoms with van der Waals surface area (Å²) in [6, 6.07) is 0. The summed E-state index contributed by atoms with van der Waals surface area (Å²) < 4.78 is 0. The third kappa shape index (κ3) is 1.06. The minimum absolute atomic E-state index is 0.102. The van der Waals surface area contributed by atoms with Gasteiger partial charge >= 0.3 is 0 Å². The van der Waals surface area contributed by atoms with Crippen LogP contribution in [0, 0.1) is 12.5 Å². The topological polar surface area (TPSA) is 21.4 Å². The zero-order chi connectivity index (χ0) is 5.98. The van der Waals surface area contributed by atoms with Gasteiger partial charge in [0, 0.05) is 5.92 Å². The quantitative estimate of drug-likeness (QED) is 0.482. The van der Waals surface area contributed by atoms with Gasteiger partial charge in [-0.2, -0.15) is 0 Å². The van der Waals surface area contributed by atoms with E-state index in [0.29, 0.717) is 0 Å². The highest BCUT2D eigenvalue weighted by molar-refractivity contribution is 5.86. The molecule has 0 aromatic heterocycles. The van der Waals surface area contributed by atoms with Crippen LogP contribution < -0.4 is 0 Å². The lowest BCUT2D eigenvalue weighted by Crippen LogP contribution is -2.01. The van der Waals surface area contributed by atoms with Gasteiger partial charge in [0.15, 0.2) is 0 Å². The highest BCUT2D eigenvalue weighted by Gasteiger charge is 2.30. The molecule has 2 heteroatoms. The van der Waals surface area contributed by atoms with Crippen LogP contribution in [0.2, 0.25) is 0 Å². The largest absolute Gasteiger partial charge is 0.309 e. The average Bonchev–Trinajstić information content (AvgIpc) is 2.45. The van der Waals surface area contributed by atoms with Crippen molar-refractivity contribution in [2.75, 3.05) is 6.54 Å². The standard InChI is InChI=1S/C6H7NO/c1-7-4-6(8)5-2-3-5/h5H,2-4H2. The molecule has 1 fully saturated rings. The number of nitrogens with zero attached hydrogens (tertiary/aromatic N) is 1. The third-order valence-electron chi connectivity index (χ3n) is 1.27. The minimum Gasteiger partial charge on any atom is -0.309 e. The summed E-state index contributed by atoms with van der Waals surface area (Å²) in [5.41, 5.74) is 0. The van der Waals surface area contributed by atoms with Crippen molar-refractivity contribution in [3.63, 3.8) is 0 Å². The molecule has 0 aromatic rings. The van der Waals surface area contributed by atoms with E-state index in [2.05, 4.69) is 4.85 Å². The Labute approximate surface area is 48.3 Å². The summed E-state index contributed by atoms with van der Waals surface area (Å²) >= 11 is 0. The van der Waals surface area contributed by atoms with Crippen molar-refractivity contribution in [3.05, 3.63) is 11.4 Å². The first-order valence-electron chi connectivity index (χ1n) is 2.70. The Bertz CT molecular complexity index is 141. The number of rotatable bonds is 2. The lowest BCUT2D eigenvalue weighted by atomic mass is 10.3.